The van der Waals surface area contributed by atoms with E-state index in [2.05, 4.69) is 20.7 Å². The Morgan fingerprint density at radius 2 is 1.96 bits per heavy atom. The third-order valence-electron chi connectivity index (χ3n) is 3.02. The number of anilines is 1. The Labute approximate surface area is 143 Å². The number of benzene rings is 2. The molecule has 2 rings (SSSR count). The van der Waals surface area contributed by atoms with Crippen LogP contribution in [0, 0.1) is 0 Å². The van der Waals surface area contributed by atoms with Crippen molar-refractivity contribution in [1.29, 1.82) is 0 Å². The molecule has 23 heavy (non-hydrogen) atoms. The van der Waals surface area contributed by atoms with E-state index in [-0.39, 0.29) is 16.4 Å². The molecule has 0 fully saturated rings. The van der Waals surface area contributed by atoms with Crippen LogP contribution in [0.1, 0.15) is 24.2 Å². The number of sulfonamides is 1. The first-order chi connectivity index (χ1) is 10.8. The van der Waals surface area contributed by atoms with E-state index in [9.17, 15) is 13.2 Å². The van der Waals surface area contributed by atoms with Crippen molar-refractivity contribution >= 4 is 37.4 Å². The second-order valence-corrected chi connectivity index (χ2v) is 7.33. The molecule has 2 aromatic rings. The van der Waals surface area contributed by atoms with Crippen LogP contribution in [0.3, 0.4) is 0 Å². The summed E-state index contributed by atoms with van der Waals surface area (Å²) >= 11 is 3.26. The van der Waals surface area contributed by atoms with Crippen LogP contribution >= 0.6 is 15.9 Å². The van der Waals surface area contributed by atoms with Crippen molar-refractivity contribution in [1.82, 2.24) is 0 Å². The van der Waals surface area contributed by atoms with E-state index in [4.69, 9.17) is 4.74 Å². The molecule has 122 valence electrons. The zero-order valence-electron chi connectivity index (χ0n) is 12.7. The fraction of sp³-hybridized carbons (Fsp3) is 0.188. The van der Waals surface area contributed by atoms with Gasteiger partial charge in [-0.15, -0.1) is 0 Å². The van der Waals surface area contributed by atoms with E-state index in [1.807, 2.05) is 0 Å². The summed E-state index contributed by atoms with van der Waals surface area (Å²) in [6, 6.07) is 11.1. The molecule has 0 spiro atoms. The summed E-state index contributed by atoms with van der Waals surface area (Å²) in [7, 11) is -3.85. The highest BCUT2D eigenvalue weighted by atomic mass is 79.9. The first-order valence-electron chi connectivity index (χ1n) is 6.89. The largest absolute Gasteiger partial charge is 0.492 e. The van der Waals surface area contributed by atoms with Gasteiger partial charge in [0.2, 0.25) is 0 Å². The maximum Gasteiger partial charge on any atom is 0.265 e. The highest BCUT2D eigenvalue weighted by Crippen LogP contribution is 2.29. The first kappa shape index (κ1) is 17.5. The Morgan fingerprint density at radius 3 is 2.61 bits per heavy atom. The molecule has 0 heterocycles. The number of hydrogen-bond donors (Lipinski definition) is 1. The van der Waals surface area contributed by atoms with Gasteiger partial charge >= 0.3 is 0 Å². The van der Waals surface area contributed by atoms with Crippen molar-refractivity contribution in [2.45, 2.75) is 18.7 Å². The van der Waals surface area contributed by atoms with Crippen LogP contribution in [0.2, 0.25) is 0 Å². The smallest absolute Gasteiger partial charge is 0.265 e. The van der Waals surface area contributed by atoms with Crippen molar-refractivity contribution in [2.24, 2.45) is 0 Å². The van der Waals surface area contributed by atoms with E-state index in [1.54, 1.807) is 37.3 Å². The van der Waals surface area contributed by atoms with Crippen molar-refractivity contribution in [2.75, 3.05) is 11.3 Å². The molecule has 0 aromatic heterocycles. The van der Waals surface area contributed by atoms with Gasteiger partial charge in [-0.05, 0) is 44.2 Å². The molecular weight excluding hydrogens is 382 g/mol. The lowest BCUT2D eigenvalue weighted by Gasteiger charge is -2.13. The van der Waals surface area contributed by atoms with Crippen LogP contribution in [0.25, 0.3) is 0 Å². The number of hydrogen-bond acceptors (Lipinski definition) is 4. The Bertz CT molecular complexity index is 834. The van der Waals surface area contributed by atoms with E-state index >= 15 is 0 Å². The number of halogens is 1. The third-order valence-corrected chi connectivity index (χ3v) is 4.91. The van der Waals surface area contributed by atoms with E-state index in [0.717, 1.165) is 0 Å². The quantitative estimate of drug-likeness (QED) is 0.751. The number of Topliss-reactive ketones (excluding diaryl/α,β-unsaturated/α-hetero) is 1. The Morgan fingerprint density at radius 1 is 1.22 bits per heavy atom. The van der Waals surface area contributed by atoms with Gasteiger partial charge in [0.05, 0.1) is 6.61 Å². The molecule has 0 radical (unpaired) electrons. The average molecular weight is 398 g/mol. The molecule has 0 atom stereocenters. The predicted octanol–water partition coefficient (Wildman–Crippen LogP) is 3.85. The van der Waals surface area contributed by atoms with Crippen LogP contribution in [0.15, 0.2) is 51.8 Å². The van der Waals surface area contributed by atoms with Gasteiger partial charge in [-0.1, -0.05) is 28.1 Å². The highest BCUT2D eigenvalue weighted by molar-refractivity contribution is 9.10. The third kappa shape index (κ3) is 4.33. The van der Waals surface area contributed by atoms with Gasteiger partial charge in [-0.25, -0.2) is 8.42 Å². The number of nitrogens with one attached hydrogen (secondary N) is 1. The van der Waals surface area contributed by atoms with Crippen LogP contribution in [-0.4, -0.2) is 20.8 Å². The Hall–Kier alpha value is -1.86. The molecule has 5 nitrogen and oxygen atoms in total. The zero-order chi connectivity index (χ0) is 17.0. The summed E-state index contributed by atoms with van der Waals surface area (Å²) in [6.45, 7) is 3.56. The molecule has 0 saturated carbocycles. The summed E-state index contributed by atoms with van der Waals surface area (Å²) < 4.78 is 33.8. The number of ketones is 1. The summed E-state index contributed by atoms with van der Waals surface area (Å²) in [5, 5.41) is 0. The number of carbonyl (C=O) groups is 1. The van der Waals surface area contributed by atoms with Crippen molar-refractivity contribution in [3.63, 3.8) is 0 Å². The van der Waals surface area contributed by atoms with E-state index < -0.39 is 10.0 Å². The maximum atomic E-state index is 12.6. The molecule has 0 aliphatic rings. The average Bonchev–Trinajstić information content (AvgIpc) is 2.49. The molecule has 0 aliphatic heterocycles. The minimum atomic E-state index is -3.85. The molecule has 0 amide bonds. The fourth-order valence-electron chi connectivity index (χ4n) is 1.98. The zero-order valence-corrected chi connectivity index (χ0v) is 15.1. The summed E-state index contributed by atoms with van der Waals surface area (Å²) in [5.74, 6) is 0.134. The summed E-state index contributed by atoms with van der Waals surface area (Å²) in [5.41, 5.74) is 0.754. The molecule has 0 unspecified atom stereocenters. The molecular formula is C16H16BrNO4S. The van der Waals surface area contributed by atoms with Crippen molar-refractivity contribution in [3.05, 3.63) is 52.5 Å². The minimum Gasteiger partial charge on any atom is -0.492 e. The molecule has 0 aliphatic carbocycles. The van der Waals surface area contributed by atoms with Crippen LogP contribution < -0.4 is 9.46 Å². The van der Waals surface area contributed by atoms with Gasteiger partial charge in [-0.3, -0.25) is 9.52 Å². The number of rotatable bonds is 6. The standard InChI is InChI=1S/C16H16BrNO4S/c1-3-22-15-8-7-13(17)10-16(15)23(20,21)18-14-6-4-5-12(9-14)11(2)19/h4-10,18H,3H2,1-2H3. The molecule has 0 saturated heterocycles. The molecule has 7 heteroatoms. The van der Waals surface area contributed by atoms with Crippen LogP contribution in [-0.2, 0) is 10.0 Å². The monoisotopic (exact) mass is 397 g/mol. The van der Waals surface area contributed by atoms with E-state index in [0.29, 0.717) is 22.3 Å². The maximum absolute atomic E-state index is 12.6. The number of ether oxygens (including phenoxy) is 1. The fourth-order valence-corrected chi connectivity index (χ4v) is 3.71. The molecule has 1 N–H and O–H groups in total. The van der Waals surface area contributed by atoms with Gasteiger partial charge in [0.25, 0.3) is 10.0 Å². The Balaban J connectivity index is 2.41. The van der Waals surface area contributed by atoms with Gasteiger partial charge in [0.1, 0.15) is 10.6 Å². The SMILES string of the molecule is CCOc1ccc(Br)cc1S(=O)(=O)Nc1cccc(C(C)=O)c1. The topological polar surface area (TPSA) is 72.5 Å². The lowest BCUT2D eigenvalue weighted by molar-refractivity contribution is 0.101. The van der Waals surface area contributed by atoms with Gasteiger partial charge < -0.3 is 4.74 Å². The summed E-state index contributed by atoms with van der Waals surface area (Å²) in [4.78, 5) is 11.4. The first-order valence-corrected chi connectivity index (χ1v) is 9.17. The van der Waals surface area contributed by atoms with E-state index in [1.165, 1.54) is 19.1 Å². The second kappa shape index (κ2) is 7.14. The van der Waals surface area contributed by atoms with Gasteiger partial charge in [0, 0.05) is 15.7 Å². The minimum absolute atomic E-state index is 0.0296. The Kier molecular flexibility index (Phi) is 5.43. The lowest BCUT2D eigenvalue weighted by atomic mass is 10.1. The highest BCUT2D eigenvalue weighted by Gasteiger charge is 2.20. The summed E-state index contributed by atoms with van der Waals surface area (Å²) in [6.07, 6.45) is 0. The van der Waals surface area contributed by atoms with Crippen LogP contribution in [0.4, 0.5) is 5.69 Å². The lowest BCUT2D eigenvalue weighted by Crippen LogP contribution is -2.15. The number of carbonyl (C=O) groups excluding carboxylic acids is 1. The normalized spacial score (nSPS) is 11.1. The molecule has 2 aromatic carbocycles. The van der Waals surface area contributed by atoms with Crippen molar-refractivity contribution in [3.8, 4) is 5.75 Å². The van der Waals surface area contributed by atoms with Gasteiger partial charge in [0.15, 0.2) is 5.78 Å². The van der Waals surface area contributed by atoms with Crippen LogP contribution in [0.5, 0.6) is 5.75 Å². The van der Waals surface area contributed by atoms with Crippen molar-refractivity contribution < 1.29 is 17.9 Å². The predicted molar refractivity (Wildman–Crippen MR) is 92.6 cm³/mol. The van der Waals surface area contributed by atoms with Gasteiger partial charge in [-0.2, -0.15) is 0 Å². The second-order valence-electron chi connectivity index (χ2n) is 4.77. The molecule has 0 bridgehead atoms.